The van der Waals surface area contributed by atoms with Crippen LogP contribution in [-0.2, 0) is 6.42 Å². The molecule has 0 radical (unpaired) electrons. The molecule has 0 saturated heterocycles. The Hall–Kier alpha value is -2.90. The summed E-state index contributed by atoms with van der Waals surface area (Å²) in [6.07, 6.45) is 2.82. The number of aromatic nitrogens is 1. The lowest BCUT2D eigenvalue weighted by Gasteiger charge is -2.06. The molecule has 0 aliphatic rings. The van der Waals surface area contributed by atoms with Gasteiger partial charge in [-0.3, -0.25) is 0 Å². The van der Waals surface area contributed by atoms with Gasteiger partial charge in [0.2, 0.25) is 0 Å². The van der Waals surface area contributed by atoms with Crippen LogP contribution in [-0.4, -0.2) is 4.98 Å². The maximum atomic E-state index is 9.58. The summed E-state index contributed by atoms with van der Waals surface area (Å²) in [4.78, 5) is 4.68. The van der Waals surface area contributed by atoms with E-state index in [2.05, 4.69) is 80.5 Å². The first-order chi connectivity index (χ1) is 13.5. The first-order valence-corrected chi connectivity index (χ1v) is 10.3. The van der Waals surface area contributed by atoms with Gasteiger partial charge in [0.05, 0.1) is 5.69 Å². The van der Waals surface area contributed by atoms with E-state index >= 15 is 0 Å². The van der Waals surface area contributed by atoms with Crippen molar-refractivity contribution in [2.24, 2.45) is 5.92 Å². The van der Waals surface area contributed by atoms with Crippen LogP contribution in [0.25, 0.3) is 16.8 Å². The molecule has 3 nitrogen and oxygen atoms in total. The third kappa shape index (κ3) is 4.88. The average Bonchev–Trinajstić information content (AvgIpc) is 3.14. The number of nitrogens with zero attached hydrogens (tertiary/aromatic N) is 2. The third-order valence-electron chi connectivity index (χ3n) is 4.50. The molecule has 0 aliphatic carbocycles. The lowest BCUT2D eigenvalue weighted by atomic mass is 10.0. The predicted octanol–water partition coefficient (Wildman–Crippen LogP) is 6.60. The first kappa shape index (κ1) is 19.9. The van der Waals surface area contributed by atoms with Gasteiger partial charge in [-0.05, 0) is 43.4 Å². The molecule has 1 N–H and O–H groups in total. The van der Waals surface area contributed by atoms with Crippen LogP contribution in [0.2, 0.25) is 0 Å². The van der Waals surface area contributed by atoms with Crippen LogP contribution in [0.15, 0.2) is 54.0 Å². The minimum Gasteiger partial charge on any atom is -0.360 e. The van der Waals surface area contributed by atoms with E-state index in [1.54, 1.807) is 6.20 Å². The number of benzene rings is 2. The van der Waals surface area contributed by atoms with E-state index in [4.69, 9.17) is 0 Å². The highest BCUT2D eigenvalue weighted by molar-refractivity contribution is 7.11. The second-order valence-corrected chi connectivity index (χ2v) is 8.32. The Morgan fingerprint density at radius 3 is 2.57 bits per heavy atom. The molecule has 1 heterocycles. The van der Waals surface area contributed by atoms with E-state index < -0.39 is 0 Å². The summed E-state index contributed by atoms with van der Waals surface area (Å²) in [5.74, 6) is 0.643. The van der Waals surface area contributed by atoms with Crippen LogP contribution in [0.1, 0.15) is 35.5 Å². The number of thiazole rings is 1. The van der Waals surface area contributed by atoms with Crippen LogP contribution in [0, 0.1) is 31.1 Å². The monoisotopic (exact) mass is 387 g/mol. The topological polar surface area (TPSA) is 48.7 Å². The Labute approximate surface area is 171 Å². The highest BCUT2D eigenvalue weighted by atomic mass is 32.1. The van der Waals surface area contributed by atoms with Gasteiger partial charge in [-0.25, -0.2) is 4.98 Å². The van der Waals surface area contributed by atoms with Gasteiger partial charge >= 0.3 is 0 Å². The minimum atomic E-state index is 0.535. The fraction of sp³-hybridized carbons (Fsp3) is 0.250. The summed E-state index contributed by atoms with van der Waals surface area (Å²) >= 11 is 1.49. The highest BCUT2D eigenvalue weighted by Crippen LogP contribution is 2.27. The van der Waals surface area contributed by atoms with Crippen molar-refractivity contribution in [1.82, 2.24) is 4.98 Å². The maximum absolute atomic E-state index is 9.58. The molecular formula is C24H25N3S. The summed E-state index contributed by atoms with van der Waals surface area (Å²) in [6, 6.07) is 17.0. The maximum Gasteiger partial charge on any atom is 0.136 e. The first-order valence-electron chi connectivity index (χ1n) is 9.45. The van der Waals surface area contributed by atoms with Crippen LogP contribution < -0.4 is 5.32 Å². The van der Waals surface area contributed by atoms with Gasteiger partial charge in [0.25, 0.3) is 0 Å². The predicted molar refractivity (Wildman–Crippen MR) is 119 cm³/mol. The van der Waals surface area contributed by atoms with E-state index in [9.17, 15) is 5.26 Å². The number of hydrogen-bond donors (Lipinski definition) is 1. The number of nitriles is 1. The van der Waals surface area contributed by atoms with Gasteiger partial charge in [0.15, 0.2) is 0 Å². The van der Waals surface area contributed by atoms with Gasteiger partial charge < -0.3 is 5.32 Å². The molecule has 1 aromatic heterocycles. The molecule has 0 amide bonds. The van der Waals surface area contributed by atoms with E-state index in [-0.39, 0.29) is 0 Å². The molecule has 0 atom stereocenters. The van der Waals surface area contributed by atoms with Crippen molar-refractivity contribution in [3.8, 4) is 17.3 Å². The molecular weight excluding hydrogens is 362 g/mol. The summed E-state index contributed by atoms with van der Waals surface area (Å²) in [7, 11) is 0. The van der Waals surface area contributed by atoms with Crippen molar-refractivity contribution in [2.45, 2.75) is 34.1 Å². The number of nitrogens with one attached hydrogen (secondary N) is 1. The molecule has 28 heavy (non-hydrogen) atoms. The summed E-state index contributed by atoms with van der Waals surface area (Å²) in [5, 5.41) is 15.6. The zero-order chi connectivity index (χ0) is 20.1. The normalized spacial score (nSPS) is 11.5. The molecule has 0 spiro atoms. The molecule has 0 bridgehead atoms. The summed E-state index contributed by atoms with van der Waals surface area (Å²) in [5.41, 5.74) is 7.22. The van der Waals surface area contributed by atoms with Gasteiger partial charge in [-0.2, -0.15) is 5.26 Å². The quantitative estimate of drug-likeness (QED) is 0.485. The Morgan fingerprint density at radius 2 is 1.93 bits per heavy atom. The Kier molecular flexibility index (Phi) is 6.28. The smallest absolute Gasteiger partial charge is 0.136 e. The van der Waals surface area contributed by atoms with Crippen LogP contribution in [0.5, 0.6) is 0 Å². The molecule has 0 aliphatic heterocycles. The molecule has 0 unspecified atom stereocenters. The minimum absolute atomic E-state index is 0.535. The van der Waals surface area contributed by atoms with Crippen molar-refractivity contribution >= 4 is 22.6 Å². The molecule has 3 aromatic rings. The lowest BCUT2D eigenvalue weighted by molar-refractivity contribution is 0.647. The summed E-state index contributed by atoms with van der Waals surface area (Å²) < 4.78 is 0. The molecule has 0 saturated carbocycles. The van der Waals surface area contributed by atoms with Gasteiger partial charge in [-0.15, -0.1) is 11.3 Å². The molecule has 3 rings (SSSR count). The Morgan fingerprint density at radius 1 is 1.18 bits per heavy atom. The standard InChI is InChI=1S/C24H25N3S/c1-16(2)11-19-6-8-20(9-7-19)23-15-28-24(27-23)21(13-25)14-26-22-10-5-17(3)12-18(22)4/h5-10,12,14-16,26H,11H2,1-4H3/b21-14-. The largest absolute Gasteiger partial charge is 0.360 e. The fourth-order valence-electron chi connectivity index (χ4n) is 3.08. The second kappa shape index (κ2) is 8.86. The number of allylic oxidation sites excluding steroid dienone is 1. The van der Waals surface area contributed by atoms with E-state index in [1.165, 1.54) is 22.5 Å². The fourth-order valence-corrected chi connectivity index (χ4v) is 3.87. The second-order valence-electron chi connectivity index (χ2n) is 7.47. The van der Waals surface area contributed by atoms with Crippen LogP contribution in [0.4, 0.5) is 5.69 Å². The van der Waals surface area contributed by atoms with Gasteiger partial charge in [0.1, 0.15) is 16.6 Å². The van der Waals surface area contributed by atoms with Crippen molar-refractivity contribution < 1.29 is 0 Å². The highest BCUT2D eigenvalue weighted by Gasteiger charge is 2.09. The van der Waals surface area contributed by atoms with E-state index in [1.807, 2.05) is 11.4 Å². The van der Waals surface area contributed by atoms with Crippen molar-refractivity contribution in [2.75, 3.05) is 5.32 Å². The molecule has 2 aromatic carbocycles. The summed E-state index contributed by atoms with van der Waals surface area (Å²) in [6.45, 7) is 8.57. The van der Waals surface area contributed by atoms with Crippen molar-refractivity contribution in [3.05, 3.63) is 75.7 Å². The Bertz CT molecular complexity index is 1020. The third-order valence-corrected chi connectivity index (χ3v) is 5.38. The van der Waals surface area contributed by atoms with Crippen LogP contribution in [0.3, 0.4) is 0 Å². The van der Waals surface area contributed by atoms with Crippen molar-refractivity contribution in [1.29, 1.82) is 5.26 Å². The van der Waals surface area contributed by atoms with Gasteiger partial charge in [0, 0.05) is 22.8 Å². The van der Waals surface area contributed by atoms with E-state index in [0.717, 1.165) is 33.9 Å². The number of anilines is 1. The SMILES string of the molecule is Cc1ccc(N/C=C(/C#N)c2nc(-c3ccc(CC(C)C)cc3)cs2)c(C)c1. The zero-order valence-corrected chi connectivity index (χ0v) is 17.6. The van der Waals surface area contributed by atoms with E-state index in [0.29, 0.717) is 11.5 Å². The molecule has 142 valence electrons. The number of hydrogen-bond acceptors (Lipinski definition) is 4. The van der Waals surface area contributed by atoms with Crippen molar-refractivity contribution in [3.63, 3.8) is 0 Å². The lowest BCUT2D eigenvalue weighted by Crippen LogP contribution is -1.94. The number of rotatable bonds is 6. The zero-order valence-electron chi connectivity index (χ0n) is 16.8. The molecule has 0 fully saturated rings. The van der Waals surface area contributed by atoms with Gasteiger partial charge in [-0.1, -0.05) is 55.8 Å². The van der Waals surface area contributed by atoms with Crippen LogP contribution >= 0.6 is 11.3 Å². The molecule has 4 heteroatoms. The Balaban J connectivity index is 1.78. The number of aryl methyl sites for hydroxylation is 2. The average molecular weight is 388 g/mol.